The van der Waals surface area contributed by atoms with Crippen molar-refractivity contribution in [3.05, 3.63) is 35.4 Å². The molecule has 4 nitrogen and oxygen atoms in total. The summed E-state index contributed by atoms with van der Waals surface area (Å²) in [6, 6.07) is 8.46. The zero-order valence-corrected chi connectivity index (χ0v) is 12.9. The van der Waals surface area contributed by atoms with E-state index in [1.165, 1.54) is 11.1 Å². The summed E-state index contributed by atoms with van der Waals surface area (Å²) in [5.41, 5.74) is 6.69. The van der Waals surface area contributed by atoms with Crippen LogP contribution in [-0.2, 0) is 11.2 Å². The third-order valence-corrected chi connectivity index (χ3v) is 4.23. The van der Waals surface area contributed by atoms with Gasteiger partial charge in [0.1, 0.15) is 0 Å². The SMILES string of the molecule is S=C(NC[C@H]1CCCO1)NN=C1CCCc2ccccc21. The average molecular weight is 303 g/mol. The van der Waals surface area contributed by atoms with Crippen LogP contribution in [0.5, 0.6) is 0 Å². The first-order chi connectivity index (χ1) is 10.3. The Balaban J connectivity index is 1.55. The van der Waals surface area contributed by atoms with Gasteiger partial charge in [-0.3, -0.25) is 5.43 Å². The lowest BCUT2D eigenvalue weighted by Gasteiger charge is -2.18. The molecule has 0 radical (unpaired) electrons. The van der Waals surface area contributed by atoms with Gasteiger partial charge in [-0.05, 0) is 49.9 Å². The third kappa shape index (κ3) is 3.80. The highest BCUT2D eigenvalue weighted by atomic mass is 32.1. The minimum atomic E-state index is 0.285. The van der Waals surface area contributed by atoms with Crippen LogP contribution in [0.15, 0.2) is 29.4 Å². The standard InChI is InChI=1S/C16H21N3OS/c21-16(17-11-13-7-4-10-20-13)19-18-15-9-3-6-12-5-1-2-8-14(12)15/h1-2,5,8,13H,3-4,6-7,9-11H2,(H2,17,19,21)/t13-/m1/s1. The molecular weight excluding hydrogens is 282 g/mol. The molecule has 1 atom stereocenters. The van der Waals surface area contributed by atoms with E-state index in [1.54, 1.807) is 0 Å². The van der Waals surface area contributed by atoms with Crippen LogP contribution in [0.25, 0.3) is 0 Å². The molecule has 1 aliphatic carbocycles. The Labute approximate surface area is 131 Å². The Hall–Kier alpha value is -1.46. The minimum absolute atomic E-state index is 0.285. The second-order valence-corrected chi connectivity index (χ2v) is 5.93. The first-order valence-corrected chi connectivity index (χ1v) is 8.04. The molecule has 1 aliphatic heterocycles. The summed E-state index contributed by atoms with van der Waals surface area (Å²) >= 11 is 5.27. The summed E-state index contributed by atoms with van der Waals surface area (Å²) in [6.07, 6.45) is 5.82. The van der Waals surface area contributed by atoms with Crippen LogP contribution in [0, 0.1) is 0 Å². The Morgan fingerprint density at radius 3 is 3.05 bits per heavy atom. The van der Waals surface area contributed by atoms with Crippen molar-refractivity contribution < 1.29 is 4.74 Å². The lowest BCUT2D eigenvalue weighted by molar-refractivity contribution is 0.114. The number of benzene rings is 1. The molecule has 1 heterocycles. The van der Waals surface area contributed by atoms with Crippen molar-refractivity contribution in [2.24, 2.45) is 5.10 Å². The number of nitrogens with zero attached hydrogens (tertiary/aromatic N) is 1. The minimum Gasteiger partial charge on any atom is -0.376 e. The lowest BCUT2D eigenvalue weighted by Crippen LogP contribution is -2.37. The van der Waals surface area contributed by atoms with Gasteiger partial charge in [-0.25, -0.2) is 0 Å². The van der Waals surface area contributed by atoms with Crippen molar-refractivity contribution >= 4 is 23.0 Å². The van der Waals surface area contributed by atoms with E-state index in [-0.39, 0.29) is 6.10 Å². The summed E-state index contributed by atoms with van der Waals surface area (Å²) in [6.45, 7) is 1.62. The largest absolute Gasteiger partial charge is 0.376 e. The first-order valence-electron chi connectivity index (χ1n) is 7.63. The van der Waals surface area contributed by atoms with Crippen molar-refractivity contribution in [1.82, 2.24) is 10.7 Å². The molecule has 21 heavy (non-hydrogen) atoms. The molecule has 0 spiro atoms. The topological polar surface area (TPSA) is 45.6 Å². The van der Waals surface area contributed by atoms with Gasteiger partial charge in [0.25, 0.3) is 0 Å². The van der Waals surface area contributed by atoms with Gasteiger partial charge in [0, 0.05) is 18.7 Å². The van der Waals surface area contributed by atoms with Gasteiger partial charge >= 0.3 is 0 Å². The van der Waals surface area contributed by atoms with Gasteiger partial charge in [-0.2, -0.15) is 5.10 Å². The van der Waals surface area contributed by atoms with Gasteiger partial charge in [0.2, 0.25) is 0 Å². The molecule has 2 N–H and O–H groups in total. The fourth-order valence-electron chi connectivity index (χ4n) is 2.89. The monoisotopic (exact) mass is 303 g/mol. The van der Waals surface area contributed by atoms with Gasteiger partial charge in [0.05, 0.1) is 11.8 Å². The van der Waals surface area contributed by atoms with E-state index >= 15 is 0 Å². The zero-order valence-electron chi connectivity index (χ0n) is 12.1. The van der Waals surface area contributed by atoms with E-state index in [0.29, 0.717) is 5.11 Å². The van der Waals surface area contributed by atoms with Crippen molar-refractivity contribution in [1.29, 1.82) is 0 Å². The van der Waals surface area contributed by atoms with Gasteiger partial charge in [0.15, 0.2) is 5.11 Å². The molecule has 1 fully saturated rings. The molecule has 5 heteroatoms. The highest BCUT2D eigenvalue weighted by molar-refractivity contribution is 7.80. The fourth-order valence-corrected chi connectivity index (χ4v) is 3.02. The summed E-state index contributed by atoms with van der Waals surface area (Å²) in [5, 5.41) is 8.24. The van der Waals surface area contributed by atoms with E-state index in [9.17, 15) is 0 Å². The summed E-state index contributed by atoms with van der Waals surface area (Å²) < 4.78 is 5.56. The van der Waals surface area contributed by atoms with Crippen molar-refractivity contribution in [2.45, 2.75) is 38.2 Å². The molecule has 0 saturated carbocycles. The molecule has 0 amide bonds. The third-order valence-electron chi connectivity index (χ3n) is 3.99. The summed E-state index contributed by atoms with van der Waals surface area (Å²) in [4.78, 5) is 0. The average Bonchev–Trinajstić information content (AvgIpc) is 3.04. The maximum absolute atomic E-state index is 5.56. The summed E-state index contributed by atoms with van der Waals surface area (Å²) in [7, 11) is 0. The van der Waals surface area contributed by atoms with Crippen LogP contribution >= 0.6 is 12.2 Å². The number of rotatable bonds is 3. The van der Waals surface area contributed by atoms with Crippen molar-refractivity contribution in [3.8, 4) is 0 Å². The highest BCUT2D eigenvalue weighted by Crippen LogP contribution is 2.21. The Morgan fingerprint density at radius 2 is 2.19 bits per heavy atom. The lowest BCUT2D eigenvalue weighted by atomic mass is 9.90. The van der Waals surface area contributed by atoms with Gasteiger partial charge in [-0.1, -0.05) is 24.3 Å². The van der Waals surface area contributed by atoms with Crippen LogP contribution in [0.2, 0.25) is 0 Å². The summed E-state index contributed by atoms with van der Waals surface area (Å²) in [5.74, 6) is 0. The van der Waals surface area contributed by atoms with E-state index in [0.717, 1.165) is 51.0 Å². The Kier molecular flexibility index (Phi) is 4.83. The predicted octanol–water partition coefficient (Wildman–Crippen LogP) is 2.37. The Morgan fingerprint density at radius 1 is 1.29 bits per heavy atom. The van der Waals surface area contributed by atoms with E-state index in [1.807, 2.05) is 0 Å². The molecule has 1 aromatic rings. The number of thiocarbonyl (C=S) groups is 1. The van der Waals surface area contributed by atoms with E-state index in [4.69, 9.17) is 17.0 Å². The molecule has 1 aromatic carbocycles. The molecule has 0 unspecified atom stereocenters. The number of hydrogen-bond donors (Lipinski definition) is 2. The fraction of sp³-hybridized carbons (Fsp3) is 0.500. The number of nitrogens with one attached hydrogen (secondary N) is 2. The smallest absolute Gasteiger partial charge is 0.187 e. The van der Waals surface area contributed by atoms with E-state index in [2.05, 4.69) is 40.1 Å². The molecular formula is C16H21N3OS. The molecule has 1 saturated heterocycles. The molecule has 0 aromatic heterocycles. The predicted molar refractivity (Wildman–Crippen MR) is 88.6 cm³/mol. The first kappa shape index (κ1) is 14.5. The quantitative estimate of drug-likeness (QED) is 0.665. The van der Waals surface area contributed by atoms with Gasteiger partial charge < -0.3 is 10.1 Å². The van der Waals surface area contributed by atoms with Crippen molar-refractivity contribution in [3.63, 3.8) is 0 Å². The van der Waals surface area contributed by atoms with Crippen LogP contribution < -0.4 is 10.7 Å². The maximum atomic E-state index is 5.56. The van der Waals surface area contributed by atoms with Gasteiger partial charge in [-0.15, -0.1) is 0 Å². The highest BCUT2D eigenvalue weighted by Gasteiger charge is 2.16. The molecule has 2 aliphatic rings. The number of hydrazone groups is 1. The van der Waals surface area contributed by atoms with Crippen LogP contribution in [0.4, 0.5) is 0 Å². The number of ether oxygens (including phenoxy) is 1. The number of fused-ring (bicyclic) bond motifs is 1. The van der Waals surface area contributed by atoms with Crippen LogP contribution in [0.1, 0.15) is 36.8 Å². The molecule has 3 rings (SSSR count). The number of hydrogen-bond acceptors (Lipinski definition) is 3. The zero-order chi connectivity index (χ0) is 14.5. The van der Waals surface area contributed by atoms with E-state index < -0.39 is 0 Å². The van der Waals surface area contributed by atoms with Crippen molar-refractivity contribution in [2.75, 3.05) is 13.2 Å². The normalized spacial score (nSPS) is 22.9. The maximum Gasteiger partial charge on any atom is 0.187 e. The Bertz CT molecular complexity index is 538. The second kappa shape index (κ2) is 7.00. The van der Waals surface area contributed by atoms with Crippen LogP contribution in [0.3, 0.4) is 0 Å². The number of aryl methyl sites for hydroxylation is 1. The van der Waals surface area contributed by atoms with Crippen LogP contribution in [-0.4, -0.2) is 30.1 Å². The molecule has 112 valence electrons. The molecule has 0 bridgehead atoms. The second-order valence-electron chi connectivity index (χ2n) is 5.53.